The molecule has 6 heteroatoms. The highest BCUT2D eigenvalue weighted by Gasteiger charge is 2.21. The molecule has 0 aliphatic rings. The smallest absolute Gasteiger partial charge is 0.308 e. The van der Waals surface area contributed by atoms with Gasteiger partial charge in [-0.3, -0.25) is 4.79 Å². The SMILES string of the molecule is CC(=O)Oc1cccc(CCCCC(F)C(F)CCC(F)F)c1. The van der Waals surface area contributed by atoms with Crippen LogP contribution >= 0.6 is 0 Å². The van der Waals surface area contributed by atoms with Crippen molar-refractivity contribution in [1.29, 1.82) is 0 Å². The van der Waals surface area contributed by atoms with Gasteiger partial charge >= 0.3 is 5.97 Å². The van der Waals surface area contributed by atoms with Crippen LogP contribution in [0, 0.1) is 0 Å². The number of halogens is 4. The van der Waals surface area contributed by atoms with Gasteiger partial charge in [-0.15, -0.1) is 0 Å². The fourth-order valence-corrected chi connectivity index (χ4v) is 2.25. The van der Waals surface area contributed by atoms with Crippen LogP contribution in [0.3, 0.4) is 0 Å². The van der Waals surface area contributed by atoms with Gasteiger partial charge < -0.3 is 4.74 Å². The molecule has 23 heavy (non-hydrogen) atoms. The summed E-state index contributed by atoms with van der Waals surface area (Å²) in [6.07, 6.45) is -5.38. The fourth-order valence-electron chi connectivity index (χ4n) is 2.25. The lowest BCUT2D eigenvalue weighted by Gasteiger charge is -2.13. The third kappa shape index (κ3) is 8.57. The van der Waals surface area contributed by atoms with Gasteiger partial charge in [0.05, 0.1) is 0 Å². The second-order valence-electron chi connectivity index (χ2n) is 5.49. The van der Waals surface area contributed by atoms with Gasteiger partial charge in [-0.25, -0.2) is 17.6 Å². The molecular formula is C17H22F4O2. The summed E-state index contributed by atoms with van der Waals surface area (Å²) in [5.74, 6) is 0.0504. The fraction of sp³-hybridized carbons (Fsp3) is 0.588. The molecule has 0 fully saturated rings. The number of carbonyl (C=O) groups is 1. The van der Waals surface area contributed by atoms with Crippen molar-refractivity contribution in [1.82, 2.24) is 0 Å². The molecule has 0 amide bonds. The summed E-state index contributed by atoms with van der Waals surface area (Å²) in [7, 11) is 0. The van der Waals surface area contributed by atoms with E-state index in [2.05, 4.69) is 0 Å². The summed E-state index contributed by atoms with van der Waals surface area (Å²) in [6, 6.07) is 7.02. The maximum Gasteiger partial charge on any atom is 0.308 e. The lowest BCUT2D eigenvalue weighted by Crippen LogP contribution is -2.18. The summed E-state index contributed by atoms with van der Waals surface area (Å²) >= 11 is 0. The van der Waals surface area contributed by atoms with Crippen LogP contribution in [0.4, 0.5) is 17.6 Å². The second kappa shape index (κ2) is 10.2. The van der Waals surface area contributed by atoms with E-state index in [-0.39, 0.29) is 6.42 Å². The largest absolute Gasteiger partial charge is 0.427 e. The average molecular weight is 334 g/mol. The first-order valence-corrected chi connectivity index (χ1v) is 7.72. The van der Waals surface area contributed by atoms with Crippen molar-refractivity contribution in [3.63, 3.8) is 0 Å². The van der Waals surface area contributed by atoms with Crippen molar-refractivity contribution < 1.29 is 27.1 Å². The third-order valence-corrected chi connectivity index (χ3v) is 3.41. The molecular weight excluding hydrogens is 312 g/mol. The van der Waals surface area contributed by atoms with Crippen LogP contribution in [0.15, 0.2) is 24.3 Å². The topological polar surface area (TPSA) is 26.3 Å². The number of alkyl halides is 4. The van der Waals surface area contributed by atoms with Gasteiger partial charge in [0.1, 0.15) is 18.1 Å². The van der Waals surface area contributed by atoms with Crippen LogP contribution < -0.4 is 4.74 Å². The summed E-state index contributed by atoms with van der Waals surface area (Å²) in [4.78, 5) is 10.9. The number of carbonyl (C=O) groups excluding carboxylic acids is 1. The van der Waals surface area contributed by atoms with Crippen LogP contribution in [0.1, 0.15) is 44.6 Å². The van der Waals surface area contributed by atoms with Gasteiger partial charge in [-0.2, -0.15) is 0 Å². The minimum Gasteiger partial charge on any atom is -0.427 e. The molecule has 0 saturated heterocycles. The number of aryl methyl sites for hydroxylation is 1. The van der Waals surface area contributed by atoms with Gasteiger partial charge in [-0.05, 0) is 43.4 Å². The molecule has 2 unspecified atom stereocenters. The van der Waals surface area contributed by atoms with Gasteiger partial charge in [-0.1, -0.05) is 18.6 Å². The molecule has 0 aliphatic carbocycles. The minimum atomic E-state index is -2.59. The molecule has 0 saturated carbocycles. The molecule has 0 aromatic heterocycles. The highest BCUT2D eigenvalue weighted by atomic mass is 19.3. The van der Waals surface area contributed by atoms with Crippen molar-refractivity contribution in [2.75, 3.05) is 0 Å². The number of rotatable bonds is 10. The molecule has 0 aliphatic heterocycles. The number of esters is 1. The summed E-state index contributed by atoms with van der Waals surface area (Å²) in [5, 5.41) is 0. The van der Waals surface area contributed by atoms with Crippen molar-refractivity contribution in [2.24, 2.45) is 0 Å². The Morgan fingerprint density at radius 3 is 2.39 bits per heavy atom. The van der Waals surface area contributed by atoms with Gasteiger partial charge in [0, 0.05) is 13.3 Å². The van der Waals surface area contributed by atoms with Crippen LogP contribution in [0.25, 0.3) is 0 Å². The van der Waals surface area contributed by atoms with Crippen LogP contribution in [-0.2, 0) is 11.2 Å². The van der Waals surface area contributed by atoms with E-state index in [0.717, 1.165) is 5.56 Å². The van der Waals surface area contributed by atoms with Crippen molar-refractivity contribution in [3.8, 4) is 5.75 Å². The normalized spacial score (nSPS) is 13.8. The molecule has 130 valence electrons. The van der Waals surface area contributed by atoms with Gasteiger partial charge in [0.2, 0.25) is 6.43 Å². The van der Waals surface area contributed by atoms with Gasteiger partial charge in [0.15, 0.2) is 0 Å². The summed E-state index contributed by atoms with van der Waals surface area (Å²) in [5.41, 5.74) is 0.939. The van der Waals surface area contributed by atoms with Crippen LogP contribution in [0.5, 0.6) is 5.75 Å². The predicted molar refractivity (Wildman–Crippen MR) is 80.3 cm³/mol. The van der Waals surface area contributed by atoms with E-state index < -0.39 is 37.6 Å². The third-order valence-electron chi connectivity index (χ3n) is 3.41. The van der Waals surface area contributed by atoms with E-state index >= 15 is 0 Å². The lowest BCUT2D eigenvalue weighted by molar-refractivity contribution is -0.131. The first-order chi connectivity index (χ1) is 10.9. The summed E-state index contributed by atoms with van der Waals surface area (Å²) < 4.78 is 55.7. The van der Waals surface area contributed by atoms with Crippen LogP contribution in [-0.4, -0.2) is 24.7 Å². The van der Waals surface area contributed by atoms with Crippen molar-refractivity contribution in [2.45, 2.75) is 64.2 Å². The molecule has 0 radical (unpaired) electrons. The standard InChI is InChI=1S/C17H22F4O2/c1-12(22)23-14-7-4-6-13(11-14)5-2-3-8-15(18)16(19)9-10-17(20)21/h4,6-7,11,15-17H,2-3,5,8-10H2,1H3. The second-order valence-corrected chi connectivity index (χ2v) is 5.49. The molecule has 2 nitrogen and oxygen atoms in total. The van der Waals surface area contributed by atoms with E-state index in [0.29, 0.717) is 25.0 Å². The zero-order valence-corrected chi connectivity index (χ0v) is 13.1. The zero-order valence-electron chi connectivity index (χ0n) is 13.1. The summed E-state index contributed by atoms with van der Waals surface area (Å²) in [6.45, 7) is 1.31. The van der Waals surface area contributed by atoms with E-state index in [1.165, 1.54) is 6.92 Å². The Balaban J connectivity index is 2.27. The molecule has 1 rings (SSSR count). The predicted octanol–water partition coefficient (Wildman–Crippen LogP) is 5.05. The van der Waals surface area contributed by atoms with Crippen LogP contribution in [0.2, 0.25) is 0 Å². The first kappa shape index (κ1) is 19.5. The lowest BCUT2D eigenvalue weighted by atomic mass is 10.0. The number of hydrogen-bond donors (Lipinski definition) is 0. The molecule has 0 spiro atoms. The Morgan fingerprint density at radius 2 is 1.74 bits per heavy atom. The highest BCUT2D eigenvalue weighted by molar-refractivity contribution is 5.69. The maximum atomic E-state index is 13.5. The van der Waals surface area contributed by atoms with Crippen molar-refractivity contribution in [3.05, 3.63) is 29.8 Å². The highest BCUT2D eigenvalue weighted by Crippen LogP contribution is 2.20. The first-order valence-electron chi connectivity index (χ1n) is 7.72. The molecule has 0 N–H and O–H groups in total. The van der Waals surface area contributed by atoms with Gasteiger partial charge in [0.25, 0.3) is 0 Å². The monoisotopic (exact) mass is 334 g/mol. The Kier molecular flexibility index (Phi) is 8.66. The molecule has 1 aromatic carbocycles. The maximum absolute atomic E-state index is 13.5. The Hall–Kier alpha value is -1.59. The Labute approximate surface area is 133 Å². The molecule has 0 bridgehead atoms. The number of ether oxygens (including phenoxy) is 1. The minimum absolute atomic E-state index is 0.0219. The Morgan fingerprint density at radius 1 is 1.04 bits per heavy atom. The van der Waals surface area contributed by atoms with E-state index in [1.54, 1.807) is 18.2 Å². The number of unbranched alkanes of at least 4 members (excludes halogenated alkanes) is 1. The van der Waals surface area contributed by atoms with E-state index in [9.17, 15) is 22.4 Å². The average Bonchev–Trinajstić information content (AvgIpc) is 2.48. The number of benzene rings is 1. The number of hydrogen-bond acceptors (Lipinski definition) is 2. The quantitative estimate of drug-likeness (QED) is 0.259. The van der Waals surface area contributed by atoms with E-state index in [4.69, 9.17) is 4.74 Å². The molecule has 2 atom stereocenters. The van der Waals surface area contributed by atoms with E-state index in [1.807, 2.05) is 6.07 Å². The molecule has 0 heterocycles. The van der Waals surface area contributed by atoms with Crippen molar-refractivity contribution >= 4 is 5.97 Å². The Bertz CT molecular complexity index is 479. The molecule has 1 aromatic rings. The zero-order chi connectivity index (χ0) is 17.2.